The van der Waals surface area contributed by atoms with Gasteiger partial charge in [-0.1, -0.05) is 18.2 Å². The molecule has 6 nitrogen and oxygen atoms in total. The van der Waals surface area contributed by atoms with Crippen molar-refractivity contribution >= 4 is 12.0 Å². The summed E-state index contributed by atoms with van der Waals surface area (Å²) in [6.07, 6.45) is 0.502. The summed E-state index contributed by atoms with van der Waals surface area (Å²) in [5, 5.41) is 13.8. The maximum atomic E-state index is 13.3. The maximum Gasteiger partial charge on any atom is 0.326 e. The number of amides is 2. The average molecular weight is 298 g/mol. The molecule has 21 heavy (non-hydrogen) atoms. The predicted octanol–water partition coefficient (Wildman–Crippen LogP) is 1.16. The molecule has 1 aromatic carbocycles. The van der Waals surface area contributed by atoms with Gasteiger partial charge in [0.15, 0.2) is 0 Å². The minimum atomic E-state index is -1.13. The molecule has 0 radical (unpaired) electrons. The number of ether oxygens (including phenoxy) is 1. The van der Waals surface area contributed by atoms with Gasteiger partial charge in [0.25, 0.3) is 0 Å². The number of carboxylic acids is 1. The molecule has 116 valence electrons. The highest BCUT2D eigenvalue weighted by atomic mass is 19.1. The maximum absolute atomic E-state index is 13.3. The molecule has 0 saturated carbocycles. The third-order valence-electron chi connectivity index (χ3n) is 2.85. The Balaban J connectivity index is 2.36. The molecule has 0 aliphatic heterocycles. The van der Waals surface area contributed by atoms with Crippen molar-refractivity contribution < 1.29 is 23.8 Å². The largest absolute Gasteiger partial charge is 0.480 e. The Morgan fingerprint density at radius 3 is 2.71 bits per heavy atom. The first kappa shape index (κ1) is 16.9. The second-order valence-corrected chi connectivity index (χ2v) is 4.41. The summed E-state index contributed by atoms with van der Waals surface area (Å²) in [4.78, 5) is 22.5. The van der Waals surface area contributed by atoms with E-state index in [4.69, 9.17) is 9.84 Å². The topological polar surface area (TPSA) is 87.7 Å². The average Bonchev–Trinajstić information content (AvgIpc) is 2.45. The minimum Gasteiger partial charge on any atom is -0.480 e. The third kappa shape index (κ3) is 6.22. The van der Waals surface area contributed by atoms with E-state index in [1.165, 1.54) is 13.2 Å². The highest BCUT2D eigenvalue weighted by molar-refractivity contribution is 5.82. The lowest BCUT2D eigenvalue weighted by atomic mass is 10.1. The first-order valence-corrected chi connectivity index (χ1v) is 6.54. The van der Waals surface area contributed by atoms with Crippen LogP contribution >= 0.6 is 0 Å². The zero-order chi connectivity index (χ0) is 15.7. The molecular formula is C14H19FN2O4. The SMILES string of the molecule is COCCC(NC(=O)NCCc1ccccc1F)C(=O)O. The number of rotatable bonds is 8. The van der Waals surface area contributed by atoms with Crippen LogP contribution in [0.3, 0.4) is 0 Å². The van der Waals surface area contributed by atoms with Crippen molar-refractivity contribution in [3.8, 4) is 0 Å². The van der Waals surface area contributed by atoms with Gasteiger partial charge in [-0.3, -0.25) is 0 Å². The number of carbonyl (C=O) groups is 2. The van der Waals surface area contributed by atoms with Crippen LogP contribution in [0.15, 0.2) is 24.3 Å². The number of aliphatic carboxylic acids is 1. The van der Waals surface area contributed by atoms with E-state index in [9.17, 15) is 14.0 Å². The molecule has 0 aromatic heterocycles. The molecule has 7 heteroatoms. The molecule has 0 fully saturated rings. The van der Waals surface area contributed by atoms with Crippen molar-refractivity contribution in [3.05, 3.63) is 35.6 Å². The van der Waals surface area contributed by atoms with Crippen LogP contribution in [0.4, 0.5) is 9.18 Å². The zero-order valence-corrected chi connectivity index (χ0v) is 11.8. The van der Waals surface area contributed by atoms with Crippen molar-refractivity contribution in [1.29, 1.82) is 0 Å². The van der Waals surface area contributed by atoms with Gasteiger partial charge in [-0.2, -0.15) is 0 Å². The van der Waals surface area contributed by atoms with Crippen LogP contribution in [0.5, 0.6) is 0 Å². The Morgan fingerprint density at radius 2 is 2.10 bits per heavy atom. The molecule has 2 amide bonds. The summed E-state index contributed by atoms with van der Waals surface area (Å²) in [6, 6.07) is 4.66. The monoisotopic (exact) mass is 298 g/mol. The fourth-order valence-corrected chi connectivity index (χ4v) is 1.71. The number of nitrogens with one attached hydrogen (secondary N) is 2. The van der Waals surface area contributed by atoms with E-state index in [1.54, 1.807) is 18.2 Å². The lowest BCUT2D eigenvalue weighted by molar-refractivity contribution is -0.139. The van der Waals surface area contributed by atoms with Gasteiger partial charge in [-0.15, -0.1) is 0 Å². The molecule has 1 unspecified atom stereocenters. The summed E-state index contributed by atoms with van der Waals surface area (Å²) < 4.78 is 18.1. The van der Waals surface area contributed by atoms with Crippen LogP contribution in [0, 0.1) is 5.82 Å². The molecule has 1 rings (SSSR count). The van der Waals surface area contributed by atoms with Gasteiger partial charge in [0.05, 0.1) is 0 Å². The van der Waals surface area contributed by atoms with Crippen LogP contribution in [0.1, 0.15) is 12.0 Å². The summed E-state index contributed by atoms with van der Waals surface area (Å²) in [7, 11) is 1.45. The lowest BCUT2D eigenvalue weighted by Crippen LogP contribution is -2.46. The van der Waals surface area contributed by atoms with E-state index < -0.39 is 18.0 Å². The Kier molecular flexibility index (Phi) is 7.17. The van der Waals surface area contributed by atoms with E-state index >= 15 is 0 Å². The number of benzene rings is 1. The fraction of sp³-hybridized carbons (Fsp3) is 0.429. The normalized spacial score (nSPS) is 11.7. The fourth-order valence-electron chi connectivity index (χ4n) is 1.71. The molecule has 0 heterocycles. The Morgan fingerprint density at radius 1 is 1.38 bits per heavy atom. The van der Waals surface area contributed by atoms with Crippen molar-refractivity contribution in [1.82, 2.24) is 10.6 Å². The summed E-state index contributed by atoms with van der Waals surface area (Å²) in [6.45, 7) is 0.440. The van der Waals surface area contributed by atoms with Gasteiger partial charge in [-0.25, -0.2) is 14.0 Å². The zero-order valence-electron chi connectivity index (χ0n) is 11.8. The summed E-state index contributed by atoms with van der Waals surface area (Å²) >= 11 is 0. The number of hydrogen-bond donors (Lipinski definition) is 3. The molecule has 0 aliphatic carbocycles. The van der Waals surface area contributed by atoms with Crippen LogP contribution in [-0.4, -0.2) is 43.4 Å². The quantitative estimate of drug-likeness (QED) is 0.672. The predicted molar refractivity (Wildman–Crippen MR) is 74.6 cm³/mol. The summed E-state index contributed by atoms with van der Waals surface area (Å²) in [5.41, 5.74) is 0.493. The first-order chi connectivity index (χ1) is 10.0. The van der Waals surface area contributed by atoms with Crippen LogP contribution in [0.25, 0.3) is 0 Å². The highest BCUT2D eigenvalue weighted by Gasteiger charge is 2.19. The third-order valence-corrected chi connectivity index (χ3v) is 2.85. The van der Waals surface area contributed by atoms with Gasteiger partial charge >= 0.3 is 12.0 Å². The second-order valence-electron chi connectivity index (χ2n) is 4.41. The minimum absolute atomic E-state index is 0.173. The Labute approximate surface area is 122 Å². The van der Waals surface area contributed by atoms with E-state index in [2.05, 4.69) is 10.6 Å². The van der Waals surface area contributed by atoms with Gasteiger partial charge in [0.1, 0.15) is 11.9 Å². The van der Waals surface area contributed by atoms with E-state index in [0.717, 1.165) is 0 Å². The number of carboxylic acid groups (broad SMARTS) is 1. The molecular weight excluding hydrogens is 279 g/mol. The lowest BCUT2D eigenvalue weighted by Gasteiger charge is -2.14. The number of urea groups is 1. The molecule has 0 saturated heterocycles. The van der Waals surface area contributed by atoms with Crippen molar-refractivity contribution in [2.24, 2.45) is 0 Å². The van der Waals surface area contributed by atoms with Crippen LogP contribution in [-0.2, 0) is 16.0 Å². The van der Waals surface area contributed by atoms with Crippen molar-refractivity contribution in [2.45, 2.75) is 18.9 Å². The number of carbonyl (C=O) groups excluding carboxylic acids is 1. The van der Waals surface area contributed by atoms with Crippen LogP contribution in [0.2, 0.25) is 0 Å². The van der Waals surface area contributed by atoms with E-state index in [-0.39, 0.29) is 25.4 Å². The molecule has 0 bridgehead atoms. The molecule has 1 aromatic rings. The first-order valence-electron chi connectivity index (χ1n) is 6.54. The molecule has 1 atom stereocenters. The molecule has 0 spiro atoms. The molecule has 3 N–H and O–H groups in total. The van der Waals surface area contributed by atoms with E-state index in [1.807, 2.05) is 0 Å². The second kappa shape index (κ2) is 8.91. The van der Waals surface area contributed by atoms with Crippen LogP contribution < -0.4 is 10.6 Å². The number of halogens is 1. The number of methoxy groups -OCH3 is 1. The van der Waals surface area contributed by atoms with Crippen molar-refractivity contribution in [2.75, 3.05) is 20.3 Å². The Bertz CT molecular complexity index is 482. The highest BCUT2D eigenvalue weighted by Crippen LogP contribution is 2.06. The molecule has 0 aliphatic rings. The smallest absolute Gasteiger partial charge is 0.326 e. The standard InChI is InChI=1S/C14H19FN2O4/c1-21-9-7-12(13(18)19)17-14(20)16-8-6-10-4-2-3-5-11(10)15/h2-5,12H,6-9H2,1H3,(H,18,19)(H2,16,17,20). The van der Waals surface area contributed by atoms with Crippen molar-refractivity contribution in [3.63, 3.8) is 0 Å². The Hall–Kier alpha value is -2.15. The van der Waals surface area contributed by atoms with Gasteiger partial charge in [0.2, 0.25) is 0 Å². The van der Waals surface area contributed by atoms with Gasteiger partial charge in [0, 0.05) is 26.7 Å². The van der Waals surface area contributed by atoms with Gasteiger partial charge < -0.3 is 20.5 Å². The summed E-state index contributed by atoms with van der Waals surface area (Å²) in [5.74, 6) is -1.46. The van der Waals surface area contributed by atoms with E-state index in [0.29, 0.717) is 12.0 Å². The van der Waals surface area contributed by atoms with Gasteiger partial charge in [-0.05, 0) is 18.1 Å². The number of hydrogen-bond acceptors (Lipinski definition) is 3.